The summed E-state index contributed by atoms with van der Waals surface area (Å²) in [5, 5.41) is 0. The van der Waals surface area contributed by atoms with Crippen molar-refractivity contribution in [3.63, 3.8) is 0 Å². The molecule has 0 atom stereocenters. The molecule has 4 nitrogen and oxygen atoms in total. The SMILES string of the molecule is CC(C)CN(C(=O)c1cccc(S(C)(=O)=O)c1)C1CCCCC1. The van der Waals surface area contributed by atoms with E-state index < -0.39 is 9.84 Å². The van der Waals surface area contributed by atoms with Gasteiger partial charge in [-0.1, -0.05) is 39.2 Å². The third-order valence-corrected chi connectivity index (χ3v) is 5.46. The van der Waals surface area contributed by atoms with Gasteiger partial charge in [-0.2, -0.15) is 0 Å². The quantitative estimate of drug-likeness (QED) is 0.826. The van der Waals surface area contributed by atoms with E-state index in [0.717, 1.165) is 25.7 Å². The zero-order chi connectivity index (χ0) is 17.0. The first kappa shape index (κ1) is 18.0. The molecule has 1 aliphatic rings. The van der Waals surface area contributed by atoms with E-state index in [1.807, 2.05) is 4.90 Å². The van der Waals surface area contributed by atoms with Gasteiger partial charge in [-0.05, 0) is 37.0 Å². The predicted octanol–water partition coefficient (Wildman–Crippen LogP) is 3.52. The molecule has 1 aromatic rings. The van der Waals surface area contributed by atoms with Crippen molar-refractivity contribution in [2.24, 2.45) is 5.92 Å². The Labute approximate surface area is 139 Å². The molecule has 0 bridgehead atoms. The van der Waals surface area contributed by atoms with Gasteiger partial charge in [0.15, 0.2) is 9.84 Å². The van der Waals surface area contributed by atoms with Crippen LogP contribution in [0.2, 0.25) is 0 Å². The van der Waals surface area contributed by atoms with Gasteiger partial charge in [-0.15, -0.1) is 0 Å². The van der Waals surface area contributed by atoms with Crippen LogP contribution in [0.15, 0.2) is 29.2 Å². The number of carbonyl (C=O) groups excluding carboxylic acids is 1. The van der Waals surface area contributed by atoms with E-state index >= 15 is 0 Å². The molecule has 0 aromatic heterocycles. The molecule has 1 aromatic carbocycles. The summed E-state index contributed by atoms with van der Waals surface area (Å²) in [5.74, 6) is 0.343. The number of nitrogens with zero attached hydrogens (tertiary/aromatic N) is 1. The Morgan fingerprint density at radius 3 is 2.43 bits per heavy atom. The molecule has 5 heteroatoms. The summed E-state index contributed by atoms with van der Waals surface area (Å²) in [6, 6.07) is 6.69. The number of hydrogen-bond donors (Lipinski definition) is 0. The highest BCUT2D eigenvalue weighted by molar-refractivity contribution is 7.90. The normalized spacial score (nSPS) is 16.5. The number of carbonyl (C=O) groups is 1. The first-order valence-electron chi connectivity index (χ1n) is 8.40. The Balaban J connectivity index is 2.29. The summed E-state index contributed by atoms with van der Waals surface area (Å²) in [6.07, 6.45) is 6.83. The van der Waals surface area contributed by atoms with Crippen LogP contribution in [0, 0.1) is 5.92 Å². The molecule has 0 spiro atoms. The number of rotatable bonds is 5. The average Bonchev–Trinajstić information content (AvgIpc) is 2.52. The maximum atomic E-state index is 13.0. The lowest BCUT2D eigenvalue weighted by molar-refractivity contribution is 0.0604. The molecule has 1 aliphatic carbocycles. The molecule has 0 heterocycles. The number of benzene rings is 1. The van der Waals surface area contributed by atoms with Crippen molar-refractivity contribution in [2.45, 2.75) is 56.9 Å². The van der Waals surface area contributed by atoms with Gasteiger partial charge in [0.1, 0.15) is 0 Å². The van der Waals surface area contributed by atoms with Crippen molar-refractivity contribution in [3.05, 3.63) is 29.8 Å². The highest BCUT2D eigenvalue weighted by Gasteiger charge is 2.27. The fourth-order valence-electron chi connectivity index (χ4n) is 3.21. The lowest BCUT2D eigenvalue weighted by Crippen LogP contribution is -2.43. The molecule has 0 N–H and O–H groups in total. The van der Waals surface area contributed by atoms with E-state index in [1.165, 1.54) is 18.7 Å². The van der Waals surface area contributed by atoms with E-state index in [-0.39, 0.29) is 16.8 Å². The van der Waals surface area contributed by atoms with Crippen LogP contribution in [0.25, 0.3) is 0 Å². The Hall–Kier alpha value is -1.36. The monoisotopic (exact) mass is 337 g/mol. The van der Waals surface area contributed by atoms with Gasteiger partial charge in [-0.3, -0.25) is 4.79 Å². The molecule has 1 fully saturated rings. The van der Waals surface area contributed by atoms with Gasteiger partial charge in [0, 0.05) is 24.4 Å². The van der Waals surface area contributed by atoms with Crippen LogP contribution < -0.4 is 0 Å². The molecule has 23 heavy (non-hydrogen) atoms. The summed E-state index contributed by atoms with van der Waals surface area (Å²) >= 11 is 0. The van der Waals surface area contributed by atoms with Gasteiger partial charge < -0.3 is 4.90 Å². The number of amides is 1. The average molecular weight is 337 g/mol. The van der Waals surface area contributed by atoms with Crippen LogP contribution in [-0.4, -0.2) is 38.1 Å². The lowest BCUT2D eigenvalue weighted by Gasteiger charge is -2.35. The summed E-state index contributed by atoms with van der Waals surface area (Å²) in [4.78, 5) is 15.2. The van der Waals surface area contributed by atoms with Gasteiger partial charge in [0.05, 0.1) is 4.90 Å². The maximum Gasteiger partial charge on any atom is 0.254 e. The van der Waals surface area contributed by atoms with Crippen molar-refractivity contribution in [1.29, 1.82) is 0 Å². The van der Waals surface area contributed by atoms with E-state index in [9.17, 15) is 13.2 Å². The zero-order valence-electron chi connectivity index (χ0n) is 14.3. The molecule has 0 saturated heterocycles. The van der Waals surface area contributed by atoms with Crippen molar-refractivity contribution in [2.75, 3.05) is 12.8 Å². The van der Waals surface area contributed by atoms with Crippen molar-refractivity contribution < 1.29 is 13.2 Å². The zero-order valence-corrected chi connectivity index (χ0v) is 15.1. The third kappa shape index (κ3) is 4.80. The maximum absolute atomic E-state index is 13.0. The summed E-state index contributed by atoms with van der Waals surface area (Å²) < 4.78 is 23.5. The second kappa shape index (κ2) is 7.47. The van der Waals surface area contributed by atoms with Crippen LogP contribution in [0.4, 0.5) is 0 Å². The molecule has 0 unspecified atom stereocenters. The Bertz CT molecular complexity index is 646. The highest BCUT2D eigenvalue weighted by Crippen LogP contribution is 2.25. The van der Waals surface area contributed by atoms with Gasteiger partial charge in [0.2, 0.25) is 0 Å². The first-order valence-corrected chi connectivity index (χ1v) is 10.3. The minimum Gasteiger partial charge on any atom is -0.335 e. The fraction of sp³-hybridized carbons (Fsp3) is 0.611. The smallest absolute Gasteiger partial charge is 0.254 e. The van der Waals surface area contributed by atoms with Crippen LogP contribution in [0.1, 0.15) is 56.3 Å². The second-order valence-corrected chi connectivity index (χ2v) is 8.96. The van der Waals surface area contributed by atoms with Crippen molar-refractivity contribution in [1.82, 2.24) is 4.90 Å². The van der Waals surface area contributed by atoms with Gasteiger partial charge in [0.25, 0.3) is 5.91 Å². The second-order valence-electron chi connectivity index (χ2n) is 6.94. The summed E-state index contributed by atoms with van der Waals surface area (Å²) in [5.41, 5.74) is 0.471. The van der Waals surface area contributed by atoms with Crippen molar-refractivity contribution >= 4 is 15.7 Å². The molecule has 128 valence electrons. The van der Waals surface area contributed by atoms with E-state index in [2.05, 4.69) is 13.8 Å². The molecule has 0 aliphatic heterocycles. The van der Waals surface area contributed by atoms with E-state index in [1.54, 1.807) is 18.2 Å². The molecule has 0 radical (unpaired) electrons. The van der Waals surface area contributed by atoms with Crippen LogP contribution in [0.5, 0.6) is 0 Å². The van der Waals surface area contributed by atoms with E-state index in [4.69, 9.17) is 0 Å². The van der Waals surface area contributed by atoms with E-state index in [0.29, 0.717) is 18.0 Å². The van der Waals surface area contributed by atoms with Crippen LogP contribution in [0.3, 0.4) is 0 Å². The molecule has 2 rings (SSSR count). The molecular formula is C18H27NO3S. The minimum absolute atomic E-state index is 0.0453. The van der Waals surface area contributed by atoms with Crippen molar-refractivity contribution in [3.8, 4) is 0 Å². The Kier molecular flexibility index (Phi) is 5.84. The standard InChI is InChI=1S/C18H27NO3S/c1-14(2)13-19(16-9-5-4-6-10-16)18(20)15-8-7-11-17(12-15)23(3,21)22/h7-8,11-12,14,16H,4-6,9-10,13H2,1-3H3. The van der Waals surface area contributed by atoms with Crippen LogP contribution in [-0.2, 0) is 9.84 Å². The van der Waals surface area contributed by atoms with Crippen LogP contribution >= 0.6 is 0 Å². The fourth-order valence-corrected chi connectivity index (χ4v) is 3.88. The molecular weight excluding hydrogens is 310 g/mol. The molecule has 1 saturated carbocycles. The highest BCUT2D eigenvalue weighted by atomic mass is 32.2. The summed E-state index contributed by atoms with van der Waals surface area (Å²) in [6.45, 7) is 4.93. The minimum atomic E-state index is -3.30. The topological polar surface area (TPSA) is 54.5 Å². The van der Waals surface area contributed by atoms with Gasteiger partial charge >= 0.3 is 0 Å². The largest absolute Gasteiger partial charge is 0.335 e. The lowest BCUT2D eigenvalue weighted by atomic mass is 9.93. The molecule has 1 amide bonds. The number of sulfone groups is 1. The first-order chi connectivity index (χ1) is 10.8. The third-order valence-electron chi connectivity index (χ3n) is 4.35. The Morgan fingerprint density at radius 2 is 1.87 bits per heavy atom. The predicted molar refractivity (Wildman–Crippen MR) is 92.3 cm³/mol. The van der Waals surface area contributed by atoms with Gasteiger partial charge in [-0.25, -0.2) is 8.42 Å². The Morgan fingerprint density at radius 1 is 1.22 bits per heavy atom. The number of hydrogen-bond acceptors (Lipinski definition) is 3. The summed E-state index contributed by atoms with van der Waals surface area (Å²) in [7, 11) is -3.30.